The average molecular weight is 276 g/mol. The summed E-state index contributed by atoms with van der Waals surface area (Å²) in [5.41, 5.74) is 7.72. The lowest BCUT2D eigenvalue weighted by atomic mass is 10.1. The Labute approximate surface area is 120 Å². The normalized spacial score (nSPS) is 16.2. The first kappa shape index (κ1) is 14.8. The molecule has 5 heteroatoms. The van der Waals surface area contributed by atoms with Gasteiger partial charge in [0, 0.05) is 51.4 Å². The summed E-state index contributed by atoms with van der Waals surface area (Å²) in [5.74, 6) is 0.00986. The van der Waals surface area contributed by atoms with Crippen molar-refractivity contribution in [3.63, 3.8) is 0 Å². The topological polar surface area (TPSA) is 61.6 Å². The van der Waals surface area contributed by atoms with Gasteiger partial charge in [-0.3, -0.25) is 4.79 Å². The lowest BCUT2D eigenvalue weighted by Crippen LogP contribution is -2.44. The van der Waals surface area contributed by atoms with E-state index in [0.717, 1.165) is 31.7 Å². The van der Waals surface area contributed by atoms with E-state index in [9.17, 15) is 4.79 Å². The molecule has 0 unspecified atom stereocenters. The molecule has 1 amide bonds. The Morgan fingerprint density at radius 2 is 1.85 bits per heavy atom. The fraction of sp³-hybridized carbons (Fsp3) is 0.533. The van der Waals surface area contributed by atoms with E-state index in [1.54, 1.807) is 0 Å². The number of nitrogens with zero attached hydrogens (tertiary/aromatic N) is 2. The molecule has 0 bridgehead atoms. The average Bonchev–Trinajstić information content (AvgIpc) is 2.47. The molecule has 20 heavy (non-hydrogen) atoms. The molecule has 0 aliphatic carbocycles. The van der Waals surface area contributed by atoms with Crippen LogP contribution in [0.2, 0.25) is 0 Å². The van der Waals surface area contributed by atoms with Gasteiger partial charge in [-0.1, -0.05) is 12.1 Å². The van der Waals surface area contributed by atoms with Crippen LogP contribution in [0.15, 0.2) is 24.3 Å². The molecule has 110 valence electrons. The van der Waals surface area contributed by atoms with Crippen LogP contribution in [0.4, 0.5) is 5.69 Å². The molecular weight excluding hydrogens is 252 g/mol. The van der Waals surface area contributed by atoms with Crippen LogP contribution in [0.1, 0.15) is 12.0 Å². The number of anilines is 1. The monoisotopic (exact) mass is 276 g/mol. The van der Waals surface area contributed by atoms with Crippen LogP contribution < -0.4 is 16.0 Å². The SMILES string of the molecule is CN1CCN(c2ccc(CNC(=O)CCN)cc2)CC1. The molecule has 1 saturated heterocycles. The standard InChI is InChI=1S/C15H24N4O/c1-18-8-10-19(11-9-18)14-4-2-13(3-5-14)12-17-15(20)6-7-16/h2-5H,6-12,16H2,1H3,(H,17,20). The van der Waals surface area contributed by atoms with Crippen LogP contribution in [-0.2, 0) is 11.3 Å². The fourth-order valence-electron chi connectivity index (χ4n) is 2.31. The lowest BCUT2D eigenvalue weighted by Gasteiger charge is -2.34. The molecule has 1 fully saturated rings. The second-order valence-corrected chi connectivity index (χ2v) is 5.27. The van der Waals surface area contributed by atoms with Crippen LogP contribution >= 0.6 is 0 Å². The highest BCUT2D eigenvalue weighted by Crippen LogP contribution is 2.16. The molecular formula is C15H24N4O. The van der Waals surface area contributed by atoms with Crippen molar-refractivity contribution in [2.24, 2.45) is 5.73 Å². The summed E-state index contributed by atoms with van der Waals surface area (Å²) >= 11 is 0. The number of rotatable bonds is 5. The van der Waals surface area contributed by atoms with E-state index >= 15 is 0 Å². The van der Waals surface area contributed by atoms with Crippen molar-refractivity contribution in [2.75, 3.05) is 44.7 Å². The molecule has 5 nitrogen and oxygen atoms in total. The van der Waals surface area contributed by atoms with E-state index in [2.05, 4.69) is 46.4 Å². The zero-order chi connectivity index (χ0) is 14.4. The van der Waals surface area contributed by atoms with Gasteiger partial charge in [-0.15, -0.1) is 0 Å². The summed E-state index contributed by atoms with van der Waals surface area (Å²) in [6, 6.07) is 8.43. The molecule has 3 N–H and O–H groups in total. The smallest absolute Gasteiger partial charge is 0.221 e. The second kappa shape index (κ2) is 7.26. The number of nitrogens with one attached hydrogen (secondary N) is 1. The van der Waals surface area contributed by atoms with E-state index in [1.807, 2.05) is 0 Å². The number of benzene rings is 1. The van der Waals surface area contributed by atoms with Crippen molar-refractivity contribution in [1.82, 2.24) is 10.2 Å². The molecule has 1 aromatic rings. The Bertz CT molecular complexity index is 424. The number of nitrogens with two attached hydrogens (primary N) is 1. The van der Waals surface area contributed by atoms with Gasteiger partial charge in [0.05, 0.1) is 0 Å². The summed E-state index contributed by atoms with van der Waals surface area (Å²) in [5, 5.41) is 2.87. The van der Waals surface area contributed by atoms with Crippen molar-refractivity contribution < 1.29 is 4.79 Å². The van der Waals surface area contributed by atoms with Crippen molar-refractivity contribution in [1.29, 1.82) is 0 Å². The maximum atomic E-state index is 11.4. The van der Waals surface area contributed by atoms with E-state index in [4.69, 9.17) is 5.73 Å². The molecule has 2 rings (SSSR count). The third-order valence-electron chi connectivity index (χ3n) is 3.67. The maximum absolute atomic E-state index is 11.4. The first-order chi connectivity index (χ1) is 9.69. The highest BCUT2D eigenvalue weighted by Gasteiger charge is 2.13. The van der Waals surface area contributed by atoms with Crippen LogP contribution in [-0.4, -0.2) is 50.6 Å². The van der Waals surface area contributed by atoms with Gasteiger partial charge in [0.25, 0.3) is 0 Å². The van der Waals surface area contributed by atoms with E-state index in [1.165, 1.54) is 5.69 Å². The Hall–Kier alpha value is -1.59. The molecule has 0 radical (unpaired) electrons. The predicted octanol–water partition coefficient (Wildman–Crippen LogP) is 0.403. The number of carbonyl (C=O) groups excluding carboxylic acids is 1. The molecule has 0 aromatic heterocycles. The molecule has 0 spiro atoms. The van der Waals surface area contributed by atoms with E-state index in [0.29, 0.717) is 19.5 Å². The number of piperazine rings is 1. The Balaban J connectivity index is 1.85. The Morgan fingerprint density at radius 1 is 1.20 bits per heavy atom. The van der Waals surface area contributed by atoms with Gasteiger partial charge in [0.15, 0.2) is 0 Å². The number of amides is 1. The first-order valence-corrected chi connectivity index (χ1v) is 7.18. The quantitative estimate of drug-likeness (QED) is 0.817. The van der Waals surface area contributed by atoms with Gasteiger partial charge in [-0.25, -0.2) is 0 Å². The van der Waals surface area contributed by atoms with Gasteiger partial charge < -0.3 is 20.9 Å². The maximum Gasteiger partial charge on any atom is 0.221 e. The van der Waals surface area contributed by atoms with Gasteiger partial charge in [-0.05, 0) is 24.7 Å². The zero-order valence-corrected chi connectivity index (χ0v) is 12.1. The van der Waals surface area contributed by atoms with Crippen LogP contribution in [0.3, 0.4) is 0 Å². The van der Waals surface area contributed by atoms with Crippen LogP contribution in [0, 0.1) is 0 Å². The van der Waals surface area contributed by atoms with Gasteiger partial charge in [-0.2, -0.15) is 0 Å². The Morgan fingerprint density at radius 3 is 2.45 bits per heavy atom. The molecule has 1 aliphatic rings. The van der Waals surface area contributed by atoms with Gasteiger partial charge in [0.1, 0.15) is 0 Å². The summed E-state index contributed by atoms with van der Waals surface area (Å²) in [4.78, 5) is 16.1. The minimum absolute atomic E-state index is 0.00986. The van der Waals surface area contributed by atoms with Crippen LogP contribution in [0.25, 0.3) is 0 Å². The van der Waals surface area contributed by atoms with Gasteiger partial charge >= 0.3 is 0 Å². The lowest BCUT2D eigenvalue weighted by molar-refractivity contribution is -0.121. The van der Waals surface area contributed by atoms with E-state index < -0.39 is 0 Å². The number of hydrogen-bond donors (Lipinski definition) is 2. The Kier molecular flexibility index (Phi) is 5.38. The number of hydrogen-bond acceptors (Lipinski definition) is 4. The van der Waals surface area contributed by atoms with Crippen molar-refractivity contribution in [2.45, 2.75) is 13.0 Å². The van der Waals surface area contributed by atoms with Crippen molar-refractivity contribution >= 4 is 11.6 Å². The molecule has 0 atom stereocenters. The summed E-state index contributed by atoms with van der Waals surface area (Å²) in [6.07, 6.45) is 0.388. The minimum Gasteiger partial charge on any atom is -0.369 e. The highest BCUT2D eigenvalue weighted by molar-refractivity contribution is 5.76. The molecule has 1 heterocycles. The predicted molar refractivity (Wildman–Crippen MR) is 81.7 cm³/mol. The first-order valence-electron chi connectivity index (χ1n) is 7.18. The summed E-state index contributed by atoms with van der Waals surface area (Å²) in [7, 11) is 2.16. The molecule has 1 aromatic carbocycles. The zero-order valence-electron chi connectivity index (χ0n) is 12.1. The van der Waals surface area contributed by atoms with Crippen LogP contribution in [0.5, 0.6) is 0 Å². The number of likely N-dealkylation sites (N-methyl/N-ethyl adjacent to an activating group) is 1. The third-order valence-corrected chi connectivity index (χ3v) is 3.67. The van der Waals surface area contributed by atoms with E-state index in [-0.39, 0.29) is 5.91 Å². The largest absolute Gasteiger partial charge is 0.369 e. The molecule has 0 saturated carbocycles. The van der Waals surface area contributed by atoms with Gasteiger partial charge in [0.2, 0.25) is 5.91 Å². The highest BCUT2D eigenvalue weighted by atomic mass is 16.1. The summed E-state index contributed by atoms with van der Waals surface area (Å²) < 4.78 is 0. The van der Waals surface area contributed by atoms with Crippen molar-refractivity contribution in [3.05, 3.63) is 29.8 Å². The van der Waals surface area contributed by atoms with Crippen molar-refractivity contribution in [3.8, 4) is 0 Å². The fourth-order valence-corrected chi connectivity index (χ4v) is 2.31. The molecule has 1 aliphatic heterocycles. The number of carbonyl (C=O) groups is 1. The third kappa shape index (κ3) is 4.21. The minimum atomic E-state index is 0.00986. The second-order valence-electron chi connectivity index (χ2n) is 5.27. The summed E-state index contributed by atoms with van der Waals surface area (Å²) in [6.45, 7) is 5.33.